The summed E-state index contributed by atoms with van der Waals surface area (Å²) in [5, 5.41) is 0. The van der Waals surface area contributed by atoms with E-state index in [1.165, 1.54) is 5.56 Å². The van der Waals surface area contributed by atoms with Crippen molar-refractivity contribution in [3.63, 3.8) is 0 Å². The molecule has 0 atom stereocenters. The molecule has 0 unspecified atom stereocenters. The van der Waals surface area contributed by atoms with E-state index < -0.39 is 0 Å². The number of nitrogens with two attached hydrogens (primary N) is 1. The fourth-order valence-electron chi connectivity index (χ4n) is 2.23. The summed E-state index contributed by atoms with van der Waals surface area (Å²) >= 11 is 3.57. The SMILES string of the molecule is CCCc1nc(-c2ccc(C)c(Br)c2)c(N)n1CC. The van der Waals surface area contributed by atoms with Crippen LogP contribution in [0.15, 0.2) is 22.7 Å². The van der Waals surface area contributed by atoms with Gasteiger partial charge >= 0.3 is 0 Å². The van der Waals surface area contributed by atoms with E-state index in [9.17, 15) is 0 Å². The molecule has 2 N–H and O–H groups in total. The molecule has 19 heavy (non-hydrogen) atoms. The molecule has 0 saturated carbocycles. The zero-order valence-electron chi connectivity index (χ0n) is 11.7. The number of anilines is 1. The second-order valence-corrected chi connectivity index (χ2v) is 5.57. The van der Waals surface area contributed by atoms with Gasteiger partial charge in [0.25, 0.3) is 0 Å². The molecule has 0 amide bonds. The molecule has 0 saturated heterocycles. The van der Waals surface area contributed by atoms with Gasteiger partial charge in [0.15, 0.2) is 0 Å². The van der Waals surface area contributed by atoms with Crippen LogP contribution in [0.2, 0.25) is 0 Å². The van der Waals surface area contributed by atoms with E-state index in [4.69, 9.17) is 10.7 Å². The van der Waals surface area contributed by atoms with Gasteiger partial charge in [-0.3, -0.25) is 0 Å². The second-order valence-electron chi connectivity index (χ2n) is 4.72. The maximum atomic E-state index is 6.25. The van der Waals surface area contributed by atoms with Gasteiger partial charge in [0, 0.05) is 23.0 Å². The molecule has 1 aromatic carbocycles. The molecule has 2 aromatic rings. The Morgan fingerprint density at radius 1 is 1.32 bits per heavy atom. The van der Waals surface area contributed by atoms with E-state index in [2.05, 4.69) is 59.5 Å². The van der Waals surface area contributed by atoms with E-state index >= 15 is 0 Å². The van der Waals surface area contributed by atoms with Gasteiger partial charge in [0.2, 0.25) is 0 Å². The van der Waals surface area contributed by atoms with Gasteiger partial charge in [-0.05, 0) is 31.9 Å². The molecule has 1 heterocycles. The van der Waals surface area contributed by atoms with Crippen LogP contribution in [0.5, 0.6) is 0 Å². The predicted octanol–water partition coefficient (Wildman–Crippen LogP) is 4.18. The largest absolute Gasteiger partial charge is 0.383 e. The first-order chi connectivity index (χ1) is 9.08. The topological polar surface area (TPSA) is 43.8 Å². The fourth-order valence-corrected chi connectivity index (χ4v) is 2.61. The van der Waals surface area contributed by atoms with Gasteiger partial charge in [-0.2, -0.15) is 0 Å². The van der Waals surface area contributed by atoms with Crippen molar-refractivity contribution in [2.45, 2.75) is 40.2 Å². The molecule has 0 aliphatic heterocycles. The van der Waals surface area contributed by atoms with E-state index in [0.717, 1.165) is 46.8 Å². The van der Waals surface area contributed by atoms with Crippen LogP contribution in [0.3, 0.4) is 0 Å². The maximum Gasteiger partial charge on any atom is 0.131 e. The van der Waals surface area contributed by atoms with Crippen molar-refractivity contribution in [3.05, 3.63) is 34.1 Å². The number of imidazole rings is 1. The van der Waals surface area contributed by atoms with Crippen LogP contribution in [-0.4, -0.2) is 9.55 Å². The Balaban J connectivity index is 2.52. The molecule has 1 aromatic heterocycles. The number of hydrogen-bond acceptors (Lipinski definition) is 2. The highest BCUT2D eigenvalue weighted by Crippen LogP contribution is 2.30. The van der Waals surface area contributed by atoms with Crippen molar-refractivity contribution in [3.8, 4) is 11.3 Å². The monoisotopic (exact) mass is 321 g/mol. The number of nitrogen functional groups attached to an aromatic ring is 1. The van der Waals surface area contributed by atoms with Gasteiger partial charge in [0.05, 0.1) is 0 Å². The third-order valence-corrected chi connectivity index (χ3v) is 4.18. The lowest BCUT2D eigenvalue weighted by atomic mass is 10.1. The number of aromatic nitrogens is 2. The highest BCUT2D eigenvalue weighted by atomic mass is 79.9. The van der Waals surface area contributed by atoms with Crippen LogP contribution in [0.25, 0.3) is 11.3 Å². The Labute approximate surface area is 123 Å². The lowest BCUT2D eigenvalue weighted by Gasteiger charge is -2.06. The van der Waals surface area contributed by atoms with Crippen LogP contribution in [-0.2, 0) is 13.0 Å². The van der Waals surface area contributed by atoms with Crippen molar-refractivity contribution in [1.29, 1.82) is 0 Å². The normalized spacial score (nSPS) is 10.9. The van der Waals surface area contributed by atoms with Gasteiger partial charge < -0.3 is 10.3 Å². The average molecular weight is 322 g/mol. The first-order valence-electron chi connectivity index (χ1n) is 6.69. The number of nitrogens with zero attached hydrogens (tertiary/aromatic N) is 2. The Hall–Kier alpha value is -1.29. The van der Waals surface area contributed by atoms with Crippen molar-refractivity contribution in [2.75, 3.05) is 5.73 Å². The Kier molecular flexibility index (Phi) is 4.30. The van der Waals surface area contributed by atoms with E-state index in [1.807, 2.05) is 0 Å². The lowest BCUT2D eigenvalue weighted by molar-refractivity contribution is 0.690. The highest BCUT2D eigenvalue weighted by molar-refractivity contribution is 9.10. The molecule has 4 heteroatoms. The summed E-state index contributed by atoms with van der Waals surface area (Å²) in [6.45, 7) is 7.20. The third kappa shape index (κ3) is 2.68. The van der Waals surface area contributed by atoms with Gasteiger partial charge in [-0.1, -0.05) is 35.0 Å². The summed E-state index contributed by atoms with van der Waals surface area (Å²) in [5.74, 6) is 1.84. The quantitative estimate of drug-likeness (QED) is 0.918. The minimum absolute atomic E-state index is 0.765. The van der Waals surface area contributed by atoms with E-state index in [0.29, 0.717) is 0 Å². The number of aryl methyl sites for hydroxylation is 2. The van der Waals surface area contributed by atoms with E-state index in [-0.39, 0.29) is 0 Å². The highest BCUT2D eigenvalue weighted by Gasteiger charge is 2.15. The summed E-state index contributed by atoms with van der Waals surface area (Å²) in [7, 11) is 0. The Bertz CT molecular complexity index is 587. The van der Waals surface area contributed by atoms with Crippen LogP contribution in [0, 0.1) is 6.92 Å². The summed E-state index contributed by atoms with van der Waals surface area (Å²) < 4.78 is 3.19. The first-order valence-corrected chi connectivity index (χ1v) is 7.49. The molecule has 102 valence electrons. The molecule has 3 nitrogen and oxygen atoms in total. The number of rotatable bonds is 4. The molecular formula is C15H20BrN3. The molecule has 0 bridgehead atoms. The maximum absolute atomic E-state index is 6.25. The second kappa shape index (κ2) is 5.78. The lowest BCUT2D eigenvalue weighted by Crippen LogP contribution is -2.05. The third-order valence-electron chi connectivity index (χ3n) is 3.32. The minimum atomic E-state index is 0.765. The zero-order valence-corrected chi connectivity index (χ0v) is 13.3. The standard InChI is InChI=1S/C15H20BrN3/c1-4-6-13-18-14(15(17)19(13)5-2)11-8-7-10(3)12(16)9-11/h7-9H,4-6,17H2,1-3H3. The molecule has 0 spiro atoms. The van der Waals surface area contributed by atoms with E-state index in [1.54, 1.807) is 0 Å². The molecule has 0 fully saturated rings. The van der Waals surface area contributed by atoms with Crippen molar-refractivity contribution >= 4 is 21.7 Å². The van der Waals surface area contributed by atoms with Crippen LogP contribution in [0.1, 0.15) is 31.7 Å². The van der Waals surface area contributed by atoms with Crippen molar-refractivity contribution in [2.24, 2.45) is 0 Å². The summed E-state index contributed by atoms with van der Waals surface area (Å²) in [4.78, 5) is 4.73. The molecule has 2 rings (SSSR count). The fraction of sp³-hybridized carbons (Fsp3) is 0.400. The van der Waals surface area contributed by atoms with Crippen LogP contribution in [0.4, 0.5) is 5.82 Å². The molecule has 0 aliphatic carbocycles. The number of halogens is 1. The van der Waals surface area contributed by atoms with Crippen molar-refractivity contribution < 1.29 is 0 Å². The average Bonchev–Trinajstić information content (AvgIpc) is 2.70. The Morgan fingerprint density at radius 3 is 2.63 bits per heavy atom. The van der Waals surface area contributed by atoms with Gasteiger partial charge in [-0.15, -0.1) is 0 Å². The first kappa shape index (κ1) is 14.1. The molecular weight excluding hydrogens is 302 g/mol. The summed E-state index contributed by atoms with van der Waals surface area (Å²) in [5.41, 5.74) is 9.43. The summed E-state index contributed by atoms with van der Waals surface area (Å²) in [6, 6.07) is 6.25. The van der Waals surface area contributed by atoms with Crippen LogP contribution < -0.4 is 5.73 Å². The number of benzene rings is 1. The predicted molar refractivity (Wildman–Crippen MR) is 84.2 cm³/mol. The zero-order chi connectivity index (χ0) is 14.0. The summed E-state index contributed by atoms with van der Waals surface area (Å²) in [6.07, 6.45) is 2.04. The van der Waals surface area contributed by atoms with Crippen LogP contribution >= 0.6 is 15.9 Å². The molecule has 0 radical (unpaired) electrons. The van der Waals surface area contributed by atoms with Crippen molar-refractivity contribution in [1.82, 2.24) is 9.55 Å². The van der Waals surface area contributed by atoms with Gasteiger partial charge in [-0.25, -0.2) is 4.98 Å². The Morgan fingerprint density at radius 2 is 2.05 bits per heavy atom. The minimum Gasteiger partial charge on any atom is -0.383 e. The smallest absolute Gasteiger partial charge is 0.131 e. The number of hydrogen-bond donors (Lipinski definition) is 1. The molecule has 0 aliphatic rings. The van der Waals surface area contributed by atoms with Gasteiger partial charge in [0.1, 0.15) is 17.3 Å².